The molecule has 0 spiro atoms. The molecule has 0 atom stereocenters. The van der Waals surface area contributed by atoms with Crippen LogP contribution in [0.1, 0.15) is 18.9 Å². The number of sulfone groups is 1. The minimum atomic E-state index is -3.74. The van der Waals surface area contributed by atoms with Crippen LogP contribution in [0, 0.1) is 0 Å². The van der Waals surface area contributed by atoms with Crippen molar-refractivity contribution in [3.8, 4) is 0 Å². The molecule has 10 heteroatoms. The molecule has 2 heterocycles. The van der Waals surface area contributed by atoms with Gasteiger partial charge in [-0.25, -0.2) is 13.4 Å². The zero-order chi connectivity index (χ0) is 23.3. The topological polar surface area (TPSA) is 79.8 Å². The number of amides is 1. The van der Waals surface area contributed by atoms with Crippen molar-refractivity contribution in [1.82, 2.24) is 9.88 Å². The molecule has 7 nitrogen and oxygen atoms in total. The Labute approximate surface area is 211 Å². The van der Waals surface area contributed by atoms with E-state index in [4.69, 9.17) is 9.72 Å². The number of hydrogen-bond acceptors (Lipinski definition) is 7. The van der Waals surface area contributed by atoms with Gasteiger partial charge in [-0.3, -0.25) is 14.6 Å². The van der Waals surface area contributed by atoms with Gasteiger partial charge in [0.15, 0.2) is 15.0 Å². The molecule has 1 amide bonds. The first-order chi connectivity index (χ1) is 16.0. The maximum absolute atomic E-state index is 13.3. The summed E-state index contributed by atoms with van der Waals surface area (Å²) in [5.41, 5.74) is 2.00. The summed E-state index contributed by atoms with van der Waals surface area (Å²) in [6, 6.07) is 14.2. The van der Waals surface area contributed by atoms with Gasteiger partial charge in [-0.15, -0.1) is 0 Å². The molecule has 0 saturated carbocycles. The fourth-order valence-corrected chi connectivity index (χ4v) is 6.23. The lowest BCUT2D eigenvalue weighted by Gasteiger charge is -2.27. The van der Waals surface area contributed by atoms with Gasteiger partial charge in [0, 0.05) is 26.2 Å². The van der Waals surface area contributed by atoms with Gasteiger partial charge in [0.25, 0.3) is 0 Å². The third kappa shape index (κ3) is 6.34. The van der Waals surface area contributed by atoms with Crippen molar-refractivity contribution in [2.45, 2.75) is 24.7 Å². The molecular weight excluding hydrogens is 494 g/mol. The number of ether oxygens (including phenoxy) is 1. The average molecular weight is 523 g/mol. The van der Waals surface area contributed by atoms with E-state index in [2.05, 4.69) is 11.8 Å². The van der Waals surface area contributed by atoms with Crippen molar-refractivity contribution in [1.29, 1.82) is 0 Å². The predicted octanol–water partition coefficient (Wildman–Crippen LogP) is 0.392. The first-order valence-corrected chi connectivity index (χ1v) is 13.7. The normalized spacial score (nSPS) is 14.6. The van der Waals surface area contributed by atoms with E-state index in [0.717, 1.165) is 61.5 Å². The number of thiazole rings is 1. The Kier molecular flexibility index (Phi) is 9.44. The Morgan fingerprint density at radius 1 is 1.12 bits per heavy atom. The maximum atomic E-state index is 13.3. The number of nitrogens with zero attached hydrogens (tertiary/aromatic N) is 3. The van der Waals surface area contributed by atoms with Crippen molar-refractivity contribution in [2.24, 2.45) is 0 Å². The number of carbonyl (C=O) groups excluding carboxylic acids is 1. The van der Waals surface area contributed by atoms with Gasteiger partial charge >= 0.3 is 0 Å². The fourth-order valence-electron chi connectivity index (χ4n) is 3.95. The van der Waals surface area contributed by atoms with E-state index in [9.17, 15) is 13.2 Å². The lowest BCUT2D eigenvalue weighted by Crippen LogP contribution is -3.00. The first-order valence-electron chi connectivity index (χ1n) is 11.2. The van der Waals surface area contributed by atoms with E-state index in [-0.39, 0.29) is 17.3 Å². The molecule has 2 aromatic carbocycles. The molecule has 1 aliphatic rings. The Morgan fingerprint density at radius 3 is 2.56 bits per heavy atom. The minimum Gasteiger partial charge on any atom is -1.00 e. The number of carbonyl (C=O) groups is 1. The number of hydrogen-bond donors (Lipinski definition) is 0. The second-order valence-corrected chi connectivity index (χ2v) is 11.0. The van der Waals surface area contributed by atoms with Crippen LogP contribution in [0.4, 0.5) is 5.13 Å². The summed E-state index contributed by atoms with van der Waals surface area (Å²) in [4.78, 5) is 22.1. The van der Waals surface area contributed by atoms with Crippen molar-refractivity contribution >= 4 is 42.4 Å². The van der Waals surface area contributed by atoms with Gasteiger partial charge in [-0.1, -0.05) is 48.6 Å². The van der Waals surface area contributed by atoms with E-state index in [0.29, 0.717) is 11.7 Å². The standard InChI is InChI=1S/C24H29N3O4S2.ClH/c1-2-19-8-6-11-21-23(19)25-24(32-21)27(13-7-12-26-14-16-31-17-15-26)22(28)18-33(29,30)20-9-4-3-5-10-20;/h3-6,8-11H,2,7,12-18H2,1H3;1H/p-1. The van der Waals surface area contributed by atoms with Gasteiger partial charge in [0.05, 0.1) is 28.3 Å². The Bertz CT molecular complexity index is 1200. The Morgan fingerprint density at radius 2 is 1.85 bits per heavy atom. The molecule has 184 valence electrons. The molecule has 0 aliphatic carbocycles. The quantitative estimate of drug-likeness (QED) is 0.404. The summed E-state index contributed by atoms with van der Waals surface area (Å²) >= 11 is 1.44. The lowest BCUT2D eigenvalue weighted by molar-refractivity contribution is -0.116. The van der Waals surface area contributed by atoms with Crippen LogP contribution < -0.4 is 17.3 Å². The van der Waals surface area contributed by atoms with E-state index in [1.54, 1.807) is 23.1 Å². The summed E-state index contributed by atoms with van der Waals surface area (Å²) in [7, 11) is -3.74. The zero-order valence-corrected chi connectivity index (χ0v) is 21.5. The van der Waals surface area contributed by atoms with Crippen molar-refractivity contribution in [3.05, 3.63) is 54.1 Å². The van der Waals surface area contributed by atoms with Gasteiger partial charge in [0.2, 0.25) is 5.91 Å². The summed E-state index contributed by atoms with van der Waals surface area (Å²) in [6.07, 6.45) is 1.57. The largest absolute Gasteiger partial charge is 1.00 e. The summed E-state index contributed by atoms with van der Waals surface area (Å²) in [5.74, 6) is -1.02. The molecule has 34 heavy (non-hydrogen) atoms. The van der Waals surface area contributed by atoms with Crippen molar-refractivity contribution in [2.75, 3.05) is 50.0 Å². The molecule has 0 N–H and O–H groups in total. The SMILES string of the molecule is CCc1cccc2sc(N(CCCN3CCOCC3)C(=O)CS(=O)(=O)c3ccccc3)nc12.[Cl-]. The molecular formula is C24H29ClN3O4S2-. The number of halogens is 1. The molecule has 0 bridgehead atoms. The number of benzene rings is 2. The molecule has 0 unspecified atom stereocenters. The highest BCUT2D eigenvalue weighted by atomic mass is 35.5. The molecule has 1 fully saturated rings. The van der Waals surface area contributed by atoms with Gasteiger partial charge in [0.1, 0.15) is 5.75 Å². The third-order valence-electron chi connectivity index (χ3n) is 5.78. The van der Waals surface area contributed by atoms with Crippen molar-refractivity contribution in [3.63, 3.8) is 0 Å². The molecule has 1 saturated heterocycles. The zero-order valence-electron chi connectivity index (χ0n) is 19.2. The van der Waals surface area contributed by atoms with E-state index < -0.39 is 21.5 Å². The predicted molar refractivity (Wildman–Crippen MR) is 132 cm³/mol. The van der Waals surface area contributed by atoms with E-state index in [1.165, 1.54) is 23.5 Å². The number of fused-ring (bicyclic) bond motifs is 1. The highest BCUT2D eigenvalue weighted by Gasteiger charge is 2.27. The van der Waals surface area contributed by atoms with Crippen LogP contribution >= 0.6 is 11.3 Å². The molecule has 1 aliphatic heterocycles. The van der Waals surface area contributed by atoms with Gasteiger partial charge in [-0.05, 0) is 36.6 Å². The van der Waals surface area contributed by atoms with Gasteiger partial charge < -0.3 is 17.1 Å². The summed E-state index contributed by atoms with van der Waals surface area (Å²) in [5, 5.41) is 0.557. The molecule has 1 aromatic heterocycles. The molecule has 0 radical (unpaired) electrons. The Hall–Kier alpha value is -2.04. The number of aryl methyl sites for hydroxylation is 1. The second-order valence-electron chi connectivity index (χ2n) is 8.04. The number of morpholine rings is 1. The van der Waals surface area contributed by atoms with Crippen LogP contribution in [0.5, 0.6) is 0 Å². The fraction of sp³-hybridized carbons (Fsp3) is 0.417. The minimum absolute atomic E-state index is 0. The van der Waals surface area contributed by atoms with E-state index in [1.807, 2.05) is 18.2 Å². The molecule has 4 rings (SSSR count). The number of aromatic nitrogens is 1. The third-order valence-corrected chi connectivity index (χ3v) is 8.44. The summed E-state index contributed by atoms with van der Waals surface area (Å²) < 4.78 is 32.2. The van der Waals surface area contributed by atoms with Crippen LogP contribution in [0.15, 0.2) is 53.4 Å². The second kappa shape index (κ2) is 12.1. The highest BCUT2D eigenvalue weighted by Crippen LogP contribution is 2.31. The number of rotatable bonds is 9. The monoisotopic (exact) mass is 522 g/mol. The maximum Gasteiger partial charge on any atom is 0.244 e. The van der Waals surface area contributed by atoms with E-state index >= 15 is 0 Å². The first kappa shape index (κ1) is 26.6. The summed E-state index contributed by atoms with van der Waals surface area (Å²) in [6.45, 7) is 6.50. The smallest absolute Gasteiger partial charge is 0.244 e. The average Bonchev–Trinajstić information content (AvgIpc) is 3.26. The molecule has 3 aromatic rings. The van der Waals surface area contributed by atoms with Crippen LogP contribution in [-0.4, -0.2) is 69.4 Å². The number of anilines is 1. The lowest BCUT2D eigenvalue weighted by atomic mass is 10.1. The van der Waals surface area contributed by atoms with Crippen LogP contribution in [0.2, 0.25) is 0 Å². The van der Waals surface area contributed by atoms with Crippen LogP contribution in [0.25, 0.3) is 10.2 Å². The van der Waals surface area contributed by atoms with Gasteiger partial charge in [-0.2, -0.15) is 0 Å². The Balaban J connectivity index is 0.00000324. The van der Waals surface area contributed by atoms with Crippen molar-refractivity contribution < 1.29 is 30.4 Å². The van der Waals surface area contributed by atoms with Crippen LogP contribution in [0.3, 0.4) is 0 Å². The highest BCUT2D eigenvalue weighted by molar-refractivity contribution is 7.92. The number of para-hydroxylation sites is 1. The van der Waals surface area contributed by atoms with Crippen LogP contribution in [-0.2, 0) is 25.8 Å².